The highest BCUT2D eigenvalue weighted by Crippen LogP contribution is 2.24. The van der Waals surface area contributed by atoms with Crippen molar-refractivity contribution in [1.82, 2.24) is 24.3 Å². The number of fused-ring (bicyclic) bond motifs is 1. The molecule has 0 aliphatic carbocycles. The second-order valence-electron chi connectivity index (χ2n) is 6.78. The maximum atomic E-state index is 13.5. The largest absolute Gasteiger partial charge is 0.342 e. The fourth-order valence-corrected chi connectivity index (χ4v) is 3.60. The van der Waals surface area contributed by atoms with Crippen molar-refractivity contribution in [2.75, 3.05) is 45.8 Å². The molecule has 0 bridgehead atoms. The number of benzene rings is 1. The molecule has 0 spiro atoms. The van der Waals surface area contributed by atoms with Crippen molar-refractivity contribution < 1.29 is 13.6 Å². The van der Waals surface area contributed by atoms with Gasteiger partial charge in [-0.05, 0) is 26.0 Å². The van der Waals surface area contributed by atoms with Gasteiger partial charge in [-0.25, -0.2) is 4.98 Å². The van der Waals surface area contributed by atoms with Crippen LogP contribution in [0.1, 0.15) is 26.2 Å². The van der Waals surface area contributed by atoms with Gasteiger partial charge < -0.3 is 4.90 Å². The Balaban J connectivity index is 1.61. The van der Waals surface area contributed by atoms with Crippen LogP contribution < -0.4 is 0 Å². The number of amides is 1. The molecule has 0 N–H and O–H groups in total. The SMILES string of the molecule is CCN(CC)C(=O)CN1CCN(Cc2nc3ccccc3n2C(F)F)CC1. The van der Waals surface area contributed by atoms with Crippen molar-refractivity contribution in [2.45, 2.75) is 26.9 Å². The number of alkyl halides is 2. The number of hydrogen-bond acceptors (Lipinski definition) is 4. The Hall–Kier alpha value is -2.06. The van der Waals surface area contributed by atoms with Gasteiger partial charge in [-0.1, -0.05) is 12.1 Å². The van der Waals surface area contributed by atoms with Crippen LogP contribution in [0.25, 0.3) is 11.0 Å². The zero-order valence-electron chi connectivity index (χ0n) is 15.9. The third-order valence-corrected chi connectivity index (χ3v) is 5.17. The molecule has 1 aliphatic rings. The van der Waals surface area contributed by atoms with Crippen LogP contribution in [0.15, 0.2) is 24.3 Å². The van der Waals surface area contributed by atoms with Crippen LogP contribution in [0.2, 0.25) is 0 Å². The maximum Gasteiger partial charge on any atom is 0.320 e. The number of halogens is 2. The van der Waals surface area contributed by atoms with E-state index < -0.39 is 6.55 Å². The molecule has 6 nitrogen and oxygen atoms in total. The van der Waals surface area contributed by atoms with Crippen molar-refractivity contribution in [1.29, 1.82) is 0 Å². The standard InChI is InChI=1S/C19H27F2N5O/c1-3-25(4-2)18(27)14-24-11-9-23(10-12-24)13-17-22-15-7-5-6-8-16(15)26(17)19(20)21/h5-8,19H,3-4,9-14H2,1-2H3. The van der Waals surface area contributed by atoms with Crippen LogP contribution >= 0.6 is 0 Å². The first-order valence-electron chi connectivity index (χ1n) is 9.50. The van der Waals surface area contributed by atoms with Gasteiger partial charge in [0, 0.05) is 39.3 Å². The van der Waals surface area contributed by atoms with Crippen LogP contribution in [0.5, 0.6) is 0 Å². The van der Waals surface area contributed by atoms with E-state index in [0.717, 1.165) is 43.8 Å². The number of hydrogen-bond donors (Lipinski definition) is 0. The van der Waals surface area contributed by atoms with E-state index in [1.54, 1.807) is 24.3 Å². The lowest BCUT2D eigenvalue weighted by molar-refractivity contribution is -0.132. The van der Waals surface area contributed by atoms with Crippen molar-refractivity contribution >= 4 is 16.9 Å². The van der Waals surface area contributed by atoms with Gasteiger partial charge >= 0.3 is 6.55 Å². The predicted octanol–water partition coefficient (Wildman–Crippen LogP) is 2.42. The van der Waals surface area contributed by atoms with E-state index in [1.807, 2.05) is 18.7 Å². The molecule has 1 aromatic carbocycles. The van der Waals surface area contributed by atoms with E-state index in [2.05, 4.69) is 14.8 Å². The normalized spacial score (nSPS) is 16.3. The minimum Gasteiger partial charge on any atom is -0.342 e. The van der Waals surface area contributed by atoms with E-state index in [9.17, 15) is 13.6 Å². The summed E-state index contributed by atoms with van der Waals surface area (Å²) >= 11 is 0. The molecule has 1 fully saturated rings. The maximum absolute atomic E-state index is 13.5. The highest BCUT2D eigenvalue weighted by Gasteiger charge is 2.24. The van der Waals surface area contributed by atoms with E-state index in [0.29, 0.717) is 29.9 Å². The van der Waals surface area contributed by atoms with E-state index in [1.165, 1.54) is 0 Å². The average Bonchev–Trinajstić information content (AvgIpc) is 3.02. The highest BCUT2D eigenvalue weighted by molar-refractivity contribution is 5.78. The molecule has 1 saturated heterocycles. The molecule has 0 atom stereocenters. The molecule has 2 aromatic rings. The van der Waals surface area contributed by atoms with Crippen molar-refractivity contribution in [3.8, 4) is 0 Å². The van der Waals surface area contributed by atoms with Crippen molar-refractivity contribution in [3.63, 3.8) is 0 Å². The van der Waals surface area contributed by atoms with E-state index in [-0.39, 0.29) is 5.91 Å². The summed E-state index contributed by atoms with van der Waals surface area (Å²) in [4.78, 5) is 22.7. The van der Waals surface area contributed by atoms with Gasteiger partial charge in [-0.2, -0.15) is 8.78 Å². The van der Waals surface area contributed by atoms with Crippen LogP contribution in [0.4, 0.5) is 8.78 Å². The van der Waals surface area contributed by atoms with Gasteiger partial charge in [0.15, 0.2) is 0 Å². The quantitative estimate of drug-likeness (QED) is 0.741. The Bertz CT molecular complexity index is 767. The van der Waals surface area contributed by atoms with Crippen LogP contribution in [-0.2, 0) is 11.3 Å². The lowest BCUT2D eigenvalue weighted by atomic mass is 10.3. The number of nitrogens with zero attached hydrogens (tertiary/aromatic N) is 5. The molecule has 8 heteroatoms. The minimum absolute atomic E-state index is 0.146. The average molecular weight is 379 g/mol. The summed E-state index contributed by atoms with van der Waals surface area (Å²) in [6, 6.07) is 6.99. The number of imidazole rings is 1. The lowest BCUT2D eigenvalue weighted by Crippen LogP contribution is -2.49. The number of likely N-dealkylation sites (N-methyl/N-ethyl adjacent to an activating group) is 1. The third kappa shape index (κ3) is 4.44. The molecule has 0 saturated carbocycles. The Morgan fingerprint density at radius 2 is 1.74 bits per heavy atom. The second kappa shape index (κ2) is 8.75. The molecule has 27 heavy (non-hydrogen) atoms. The molecule has 1 aliphatic heterocycles. The molecule has 3 rings (SSSR count). The summed E-state index contributed by atoms with van der Waals surface area (Å²) in [5, 5.41) is 0. The molecule has 0 unspecified atom stereocenters. The number of piperazine rings is 1. The zero-order chi connectivity index (χ0) is 19.4. The highest BCUT2D eigenvalue weighted by atomic mass is 19.3. The van der Waals surface area contributed by atoms with Gasteiger partial charge in [0.1, 0.15) is 5.82 Å². The molecule has 2 heterocycles. The molecule has 148 valence electrons. The van der Waals surface area contributed by atoms with E-state index >= 15 is 0 Å². The molecular weight excluding hydrogens is 352 g/mol. The number of carbonyl (C=O) groups is 1. The summed E-state index contributed by atoms with van der Waals surface area (Å²) in [5.41, 5.74) is 1.06. The molecular formula is C19H27F2N5O. The van der Waals surface area contributed by atoms with Gasteiger partial charge in [-0.3, -0.25) is 19.2 Å². The van der Waals surface area contributed by atoms with Crippen molar-refractivity contribution in [3.05, 3.63) is 30.1 Å². The fraction of sp³-hybridized carbons (Fsp3) is 0.579. The van der Waals surface area contributed by atoms with Crippen LogP contribution in [0, 0.1) is 0 Å². The number of carbonyl (C=O) groups excluding carboxylic acids is 1. The summed E-state index contributed by atoms with van der Waals surface area (Å²) in [5.74, 6) is 0.534. The summed E-state index contributed by atoms with van der Waals surface area (Å²) in [7, 11) is 0. The number of rotatable bonds is 7. The Kier molecular flexibility index (Phi) is 6.38. The zero-order valence-corrected chi connectivity index (χ0v) is 15.9. The van der Waals surface area contributed by atoms with Gasteiger partial charge in [0.05, 0.1) is 24.1 Å². The Morgan fingerprint density at radius 3 is 2.37 bits per heavy atom. The van der Waals surface area contributed by atoms with Gasteiger partial charge in [0.25, 0.3) is 0 Å². The molecule has 0 radical (unpaired) electrons. The lowest BCUT2D eigenvalue weighted by Gasteiger charge is -2.35. The fourth-order valence-electron chi connectivity index (χ4n) is 3.60. The monoisotopic (exact) mass is 379 g/mol. The summed E-state index contributed by atoms with van der Waals surface area (Å²) < 4.78 is 28.1. The summed E-state index contributed by atoms with van der Waals surface area (Å²) in [6.45, 7) is 6.57. The first-order valence-corrected chi connectivity index (χ1v) is 9.50. The van der Waals surface area contributed by atoms with Crippen LogP contribution in [0.3, 0.4) is 0 Å². The minimum atomic E-state index is -2.61. The van der Waals surface area contributed by atoms with Gasteiger partial charge in [0.2, 0.25) is 5.91 Å². The van der Waals surface area contributed by atoms with Crippen molar-refractivity contribution in [2.24, 2.45) is 0 Å². The Morgan fingerprint density at radius 1 is 1.11 bits per heavy atom. The molecule has 1 aromatic heterocycles. The smallest absolute Gasteiger partial charge is 0.320 e. The first-order chi connectivity index (χ1) is 13.0. The summed E-state index contributed by atoms with van der Waals surface area (Å²) in [6.07, 6.45) is 0. The van der Waals surface area contributed by atoms with Gasteiger partial charge in [-0.15, -0.1) is 0 Å². The molecule has 1 amide bonds. The van der Waals surface area contributed by atoms with E-state index in [4.69, 9.17) is 0 Å². The predicted molar refractivity (Wildman–Crippen MR) is 101 cm³/mol. The topological polar surface area (TPSA) is 44.6 Å². The number of para-hydroxylation sites is 2. The first kappa shape index (κ1) is 19.7. The Labute approximate surface area is 158 Å². The van der Waals surface area contributed by atoms with Crippen LogP contribution in [-0.4, -0.2) is 76.0 Å². The number of aromatic nitrogens is 2. The second-order valence-corrected chi connectivity index (χ2v) is 6.78. The third-order valence-electron chi connectivity index (χ3n) is 5.17.